The molecule has 1 aromatic carbocycles. The van der Waals surface area contributed by atoms with E-state index in [4.69, 9.17) is 5.73 Å². The van der Waals surface area contributed by atoms with E-state index in [1.807, 2.05) is 18.4 Å². The minimum Gasteiger partial charge on any atom is -0.383 e. The molecule has 0 radical (unpaired) electrons. The molecule has 0 spiro atoms. The zero-order chi connectivity index (χ0) is 12.6. The predicted octanol–water partition coefficient (Wildman–Crippen LogP) is 3.61. The molecule has 3 nitrogen and oxygen atoms in total. The molecule has 0 amide bonds. The molecular formula is C12H13BrFN3. The van der Waals surface area contributed by atoms with E-state index >= 15 is 0 Å². The third-order valence-electron chi connectivity index (χ3n) is 2.57. The van der Waals surface area contributed by atoms with Crippen molar-refractivity contribution in [1.29, 1.82) is 0 Å². The highest BCUT2D eigenvalue weighted by atomic mass is 79.9. The molecule has 0 saturated carbocycles. The van der Waals surface area contributed by atoms with Crippen molar-refractivity contribution in [1.82, 2.24) is 9.55 Å². The third-order valence-corrected chi connectivity index (χ3v) is 3.26. The highest BCUT2D eigenvalue weighted by Gasteiger charge is 2.14. The van der Waals surface area contributed by atoms with E-state index < -0.39 is 0 Å². The van der Waals surface area contributed by atoms with Crippen LogP contribution in [0, 0.1) is 5.82 Å². The molecule has 0 aliphatic heterocycles. The SMILES string of the molecule is CC(C)n1cnc(-c2cc(F)ccc2Br)c1N. The molecule has 2 N–H and O–H groups in total. The van der Waals surface area contributed by atoms with Crippen LogP contribution in [-0.4, -0.2) is 9.55 Å². The van der Waals surface area contributed by atoms with Gasteiger partial charge in [-0.3, -0.25) is 0 Å². The Balaban J connectivity index is 2.57. The van der Waals surface area contributed by atoms with Gasteiger partial charge in [0.05, 0.1) is 6.33 Å². The number of anilines is 1. The van der Waals surface area contributed by atoms with E-state index in [0.29, 0.717) is 17.1 Å². The van der Waals surface area contributed by atoms with Gasteiger partial charge in [-0.05, 0) is 32.0 Å². The number of halogens is 2. The van der Waals surface area contributed by atoms with Crippen molar-refractivity contribution in [3.05, 3.63) is 34.8 Å². The topological polar surface area (TPSA) is 43.8 Å². The molecule has 1 aromatic heterocycles. The van der Waals surface area contributed by atoms with Gasteiger partial charge in [0.15, 0.2) is 0 Å². The minimum absolute atomic E-state index is 0.226. The van der Waals surface area contributed by atoms with E-state index in [0.717, 1.165) is 4.47 Å². The average Bonchev–Trinajstić information content (AvgIpc) is 2.64. The molecule has 17 heavy (non-hydrogen) atoms. The summed E-state index contributed by atoms with van der Waals surface area (Å²) in [6.45, 7) is 4.03. The second kappa shape index (κ2) is 4.49. The number of imidazole rings is 1. The van der Waals surface area contributed by atoms with Crippen LogP contribution in [0.5, 0.6) is 0 Å². The van der Waals surface area contributed by atoms with Gasteiger partial charge in [-0.1, -0.05) is 15.9 Å². The molecule has 2 aromatic rings. The Morgan fingerprint density at radius 3 is 2.71 bits per heavy atom. The Hall–Kier alpha value is -1.36. The van der Waals surface area contributed by atoms with Gasteiger partial charge in [0, 0.05) is 16.1 Å². The van der Waals surface area contributed by atoms with Crippen molar-refractivity contribution in [2.75, 3.05) is 5.73 Å². The monoisotopic (exact) mass is 297 g/mol. The molecule has 1 heterocycles. The number of nitrogen functional groups attached to an aromatic ring is 1. The lowest BCUT2D eigenvalue weighted by atomic mass is 10.1. The van der Waals surface area contributed by atoms with Gasteiger partial charge in [-0.15, -0.1) is 0 Å². The van der Waals surface area contributed by atoms with Crippen molar-refractivity contribution >= 4 is 21.7 Å². The summed E-state index contributed by atoms with van der Waals surface area (Å²) >= 11 is 3.38. The molecule has 0 saturated heterocycles. The molecule has 0 aliphatic carbocycles. The van der Waals surface area contributed by atoms with E-state index in [9.17, 15) is 4.39 Å². The number of aromatic nitrogens is 2. The van der Waals surface area contributed by atoms with Crippen LogP contribution in [0.15, 0.2) is 29.0 Å². The highest BCUT2D eigenvalue weighted by Crippen LogP contribution is 2.32. The highest BCUT2D eigenvalue weighted by molar-refractivity contribution is 9.10. The van der Waals surface area contributed by atoms with Gasteiger partial charge >= 0.3 is 0 Å². The molecular weight excluding hydrogens is 285 g/mol. The summed E-state index contributed by atoms with van der Waals surface area (Å²) in [5, 5.41) is 0. The fraction of sp³-hybridized carbons (Fsp3) is 0.250. The van der Waals surface area contributed by atoms with Gasteiger partial charge in [0.1, 0.15) is 17.3 Å². The molecule has 0 atom stereocenters. The lowest BCUT2D eigenvalue weighted by Crippen LogP contribution is -2.04. The van der Waals surface area contributed by atoms with Crippen LogP contribution in [0.4, 0.5) is 10.2 Å². The van der Waals surface area contributed by atoms with Crippen molar-refractivity contribution in [2.45, 2.75) is 19.9 Å². The van der Waals surface area contributed by atoms with Gasteiger partial charge in [-0.2, -0.15) is 0 Å². The van der Waals surface area contributed by atoms with Crippen LogP contribution in [-0.2, 0) is 0 Å². The number of nitrogens with zero attached hydrogens (tertiary/aromatic N) is 2. The fourth-order valence-corrected chi connectivity index (χ4v) is 2.10. The zero-order valence-electron chi connectivity index (χ0n) is 9.61. The summed E-state index contributed by atoms with van der Waals surface area (Å²) in [5.41, 5.74) is 7.28. The van der Waals surface area contributed by atoms with Crippen molar-refractivity contribution in [3.8, 4) is 11.3 Å². The van der Waals surface area contributed by atoms with Crippen LogP contribution in [0.3, 0.4) is 0 Å². The largest absolute Gasteiger partial charge is 0.383 e. The van der Waals surface area contributed by atoms with Gasteiger partial charge in [-0.25, -0.2) is 9.37 Å². The second-order valence-electron chi connectivity index (χ2n) is 4.10. The normalized spacial score (nSPS) is 11.1. The molecule has 0 bridgehead atoms. The van der Waals surface area contributed by atoms with Gasteiger partial charge in [0.2, 0.25) is 0 Å². The Bertz CT molecular complexity index is 549. The maximum absolute atomic E-state index is 13.2. The molecule has 0 unspecified atom stereocenters. The first-order valence-corrected chi connectivity index (χ1v) is 6.07. The van der Waals surface area contributed by atoms with Crippen LogP contribution in [0.1, 0.15) is 19.9 Å². The Morgan fingerprint density at radius 2 is 2.12 bits per heavy atom. The van der Waals surface area contributed by atoms with E-state index in [2.05, 4.69) is 20.9 Å². The smallest absolute Gasteiger partial charge is 0.131 e. The number of rotatable bonds is 2. The quantitative estimate of drug-likeness (QED) is 0.920. The summed E-state index contributed by atoms with van der Waals surface area (Å²) in [6.07, 6.45) is 1.67. The van der Waals surface area contributed by atoms with Crippen LogP contribution >= 0.6 is 15.9 Å². The predicted molar refractivity (Wildman–Crippen MR) is 70.1 cm³/mol. The lowest BCUT2D eigenvalue weighted by Gasteiger charge is -2.09. The summed E-state index contributed by atoms with van der Waals surface area (Å²) < 4.78 is 15.9. The molecule has 0 aliphatic rings. The van der Waals surface area contributed by atoms with Gasteiger partial charge < -0.3 is 10.3 Å². The van der Waals surface area contributed by atoms with Crippen LogP contribution in [0.2, 0.25) is 0 Å². The lowest BCUT2D eigenvalue weighted by molar-refractivity contribution is 0.607. The second-order valence-corrected chi connectivity index (χ2v) is 4.96. The van der Waals surface area contributed by atoms with Crippen LogP contribution < -0.4 is 5.73 Å². The van der Waals surface area contributed by atoms with Crippen LogP contribution in [0.25, 0.3) is 11.3 Å². The third kappa shape index (κ3) is 2.20. The Labute approximate surface area is 108 Å². The number of hydrogen-bond acceptors (Lipinski definition) is 2. The number of benzene rings is 1. The molecule has 2 rings (SSSR count). The minimum atomic E-state index is -0.304. The molecule has 90 valence electrons. The first kappa shape index (κ1) is 12.1. The van der Waals surface area contributed by atoms with Crippen molar-refractivity contribution in [3.63, 3.8) is 0 Å². The number of hydrogen-bond donors (Lipinski definition) is 1. The first-order chi connectivity index (χ1) is 8.00. The summed E-state index contributed by atoms with van der Waals surface area (Å²) in [5.74, 6) is 0.244. The van der Waals surface area contributed by atoms with E-state index in [-0.39, 0.29) is 11.9 Å². The zero-order valence-corrected chi connectivity index (χ0v) is 11.2. The number of nitrogens with two attached hydrogens (primary N) is 1. The first-order valence-electron chi connectivity index (χ1n) is 5.28. The van der Waals surface area contributed by atoms with E-state index in [1.54, 1.807) is 12.4 Å². The fourth-order valence-electron chi connectivity index (χ4n) is 1.67. The van der Waals surface area contributed by atoms with E-state index in [1.165, 1.54) is 12.1 Å². The molecule has 0 fully saturated rings. The summed E-state index contributed by atoms with van der Waals surface area (Å²) in [4.78, 5) is 4.25. The maximum Gasteiger partial charge on any atom is 0.131 e. The van der Waals surface area contributed by atoms with Crippen molar-refractivity contribution < 1.29 is 4.39 Å². The Kier molecular flexibility index (Phi) is 3.19. The standard InChI is InChI=1S/C12H13BrFN3/c1-7(2)17-6-16-11(12(17)15)9-5-8(14)3-4-10(9)13/h3-7H,15H2,1-2H3. The maximum atomic E-state index is 13.2. The van der Waals surface area contributed by atoms with Crippen molar-refractivity contribution in [2.24, 2.45) is 0 Å². The average molecular weight is 298 g/mol. The Morgan fingerprint density at radius 1 is 1.41 bits per heavy atom. The van der Waals surface area contributed by atoms with Gasteiger partial charge in [0.25, 0.3) is 0 Å². The summed E-state index contributed by atoms with van der Waals surface area (Å²) in [6, 6.07) is 4.69. The molecule has 5 heteroatoms. The summed E-state index contributed by atoms with van der Waals surface area (Å²) in [7, 11) is 0.